The number of nitrogens with two attached hydrogens (primary N) is 1. The highest BCUT2D eigenvalue weighted by atomic mass is 35.5. The summed E-state index contributed by atoms with van der Waals surface area (Å²) in [6, 6.07) is 3.98. The van der Waals surface area contributed by atoms with Crippen LogP contribution in [0.4, 0.5) is 0 Å². The van der Waals surface area contributed by atoms with Crippen LogP contribution >= 0.6 is 35.6 Å². The third-order valence-corrected chi connectivity index (χ3v) is 2.24. The molecule has 0 aromatic heterocycles. The Kier molecular flexibility index (Phi) is 7.50. The lowest BCUT2D eigenvalue weighted by Crippen LogP contribution is -2.34. The molecule has 7 heteroatoms. The van der Waals surface area contributed by atoms with Crippen molar-refractivity contribution in [2.45, 2.75) is 12.6 Å². The number of aliphatic carboxylic acids is 1. The average Bonchev–Trinajstić information content (AvgIpc) is 2.15. The average molecular weight is 301 g/mol. The normalized spacial score (nSPS) is 11.7. The molecule has 1 atom stereocenters. The second-order valence-corrected chi connectivity index (χ2v) is 4.11. The first-order valence-corrected chi connectivity index (χ1v) is 5.25. The van der Waals surface area contributed by atoms with Crippen molar-refractivity contribution in [1.82, 2.24) is 0 Å². The number of carboxylic acids is 1. The Morgan fingerprint density at radius 2 is 1.88 bits per heavy atom. The Hall–Kier alpha value is -0.520. The van der Waals surface area contributed by atoms with Crippen LogP contribution < -0.4 is 5.73 Å². The maximum atomic E-state index is 10.4. The van der Waals surface area contributed by atoms with E-state index in [1.165, 1.54) is 0 Å². The highest BCUT2D eigenvalue weighted by Crippen LogP contribution is 2.19. The molecule has 0 amide bonds. The van der Waals surface area contributed by atoms with E-state index >= 15 is 0 Å². The molecule has 1 unspecified atom stereocenters. The van der Waals surface area contributed by atoms with Gasteiger partial charge in [-0.3, -0.25) is 4.79 Å². The van der Waals surface area contributed by atoms with Gasteiger partial charge in [-0.25, -0.2) is 0 Å². The van der Waals surface area contributed by atoms with Crippen LogP contribution in [0.5, 0.6) is 0 Å². The van der Waals surface area contributed by atoms with E-state index in [9.17, 15) is 4.79 Å². The van der Waals surface area contributed by atoms with E-state index in [1.54, 1.807) is 18.2 Å². The van der Waals surface area contributed by atoms with Crippen molar-refractivity contribution in [2.24, 2.45) is 5.73 Å². The van der Waals surface area contributed by atoms with Crippen LogP contribution in [0.3, 0.4) is 0 Å². The highest BCUT2D eigenvalue weighted by molar-refractivity contribution is 6.34. The van der Waals surface area contributed by atoms with Crippen molar-refractivity contribution >= 4 is 41.6 Å². The van der Waals surface area contributed by atoms with Crippen LogP contribution in [0.25, 0.3) is 0 Å². The van der Waals surface area contributed by atoms with E-state index < -0.39 is 12.0 Å². The summed E-state index contributed by atoms with van der Waals surface area (Å²) in [5, 5.41) is 9.54. The smallest absolute Gasteiger partial charge is 0.322 e. The Morgan fingerprint density at radius 3 is 2.35 bits per heavy atom. The zero-order valence-corrected chi connectivity index (χ0v) is 11.1. The van der Waals surface area contributed by atoms with Crippen molar-refractivity contribution in [2.75, 3.05) is 6.61 Å². The van der Waals surface area contributed by atoms with Gasteiger partial charge in [-0.2, -0.15) is 0 Å². The summed E-state index contributed by atoms with van der Waals surface area (Å²) in [6.07, 6.45) is 0. The van der Waals surface area contributed by atoms with Gasteiger partial charge in [-0.1, -0.05) is 23.2 Å². The topological polar surface area (TPSA) is 72.5 Å². The number of ether oxygens (including phenoxy) is 1. The molecule has 0 heterocycles. The SMILES string of the molecule is Cl.NC(COCc1cc(Cl)cc(Cl)c1)C(=O)O. The summed E-state index contributed by atoms with van der Waals surface area (Å²) in [4.78, 5) is 10.4. The Balaban J connectivity index is 0.00000256. The molecule has 0 spiro atoms. The molecule has 0 bridgehead atoms. The molecule has 1 rings (SSSR count). The summed E-state index contributed by atoms with van der Waals surface area (Å²) in [6.45, 7) is 0.167. The summed E-state index contributed by atoms with van der Waals surface area (Å²) in [5.74, 6) is -1.09. The molecule has 0 aliphatic carbocycles. The first kappa shape index (κ1) is 16.5. The molecule has 3 N–H and O–H groups in total. The molecule has 0 saturated heterocycles. The van der Waals surface area contributed by atoms with E-state index in [-0.39, 0.29) is 25.6 Å². The van der Waals surface area contributed by atoms with Crippen LogP contribution in [-0.2, 0) is 16.1 Å². The number of carboxylic acid groups (broad SMARTS) is 1. The lowest BCUT2D eigenvalue weighted by molar-refractivity contribution is -0.140. The van der Waals surface area contributed by atoms with Crippen LogP contribution in [0.15, 0.2) is 18.2 Å². The number of benzene rings is 1. The quantitative estimate of drug-likeness (QED) is 0.875. The molecular weight excluding hydrogens is 288 g/mol. The highest BCUT2D eigenvalue weighted by Gasteiger charge is 2.11. The summed E-state index contributed by atoms with van der Waals surface area (Å²) in [7, 11) is 0. The number of hydrogen-bond donors (Lipinski definition) is 2. The summed E-state index contributed by atoms with van der Waals surface area (Å²) < 4.78 is 5.13. The first-order chi connectivity index (χ1) is 7.49. The zero-order chi connectivity index (χ0) is 12.1. The molecule has 96 valence electrons. The second-order valence-electron chi connectivity index (χ2n) is 3.24. The molecule has 1 aromatic rings. The van der Waals surface area contributed by atoms with Gasteiger partial charge in [-0.05, 0) is 23.8 Å². The predicted octanol–water partition coefficient (Wildman–Crippen LogP) is 2.34. The van der Waals surface area contributed by atoms with Gasteiger partial charge in [-0.15, -0.1) is 12.4 Å². The Labute approximate surface area is 115 Å². The maximum absolute atomic E-state index is 10.4. The fourth-order valence-corrected chi connectivity index (χ4v) is 1.64. The number of carbonyl (C=O) groups is 1. The standard InChI is InChI=1S/C10H11Cl2NO3.ClH/c11-7-1-6(2-8(12)3-7)4-16-5-9(13)10(14)15;/h1-3,9H,4-5,13H2,(H,14,15);1H. The van der Waals surface area contributed by atoms with E-state index in [0.29, 0.717) is 10.0 Å². The van der Waals surface area contributed by atoms with Crippen LogP contribution in [0.2, 0.25) is 10.0 Å². The second kappa shape index (κ2) is 7.74. The van der Waals surface area contributed by atoms with Gasteiger partial charge in [0.1, 0.15) is 6.04 Å². The number of rotatable bonds is 5. The van der Waals surface area contributed by atoms with Gasteiger partial charge in [0.2, 0.25) is 0 Å². The first-order valence-electron chi connectivity index (χ1n) is 4.50. The van der Waals surface area contributed by atoms with Crippen LogP contribution in [-0.4, -0.2) is 23.7 Å². The van der Waals surface area contributed by atoms with Crippen molar-refractivity contribution in [3.63, 3.8) is 0 Å². The van der Waals surface area contributed by atoms with Crippen LogP contribution in [0.1, 0.15) is 5.56 Å². The number of hydrogen-bond acceptors (Lipinski definition) is 3. The monoisotopic (exact) mass is 299 g/mol. The molecule has 0 fully saturated rings. The predicted molar refractivity (Wildman–Crippen MR) is 69.0 cm³/mol. The van der Waals surface area contributed by atoms with E-state index in [2.05, 4.69) is 0 Å². The zero-order valence-electron chi connectivity index (χ0n) is 8.73. The molecule has 17 heavy (non-hydrogen) atoms. The minimum atomic E-state index is -1.09. The molecule has 0 aliphatic rings. The van der Waals surface area contributed by atoms with Crippen molar-refractivity contribution in [1.29, 1.82) is 0 Å². The van der Waals surface area contributed by atoms with E-state index in [0.717, 1.165) is 5.56 Å². The Morgan fingerprint density at radius 1 is 1.35 bits per heavy atom. The Bertz CT molecular complexity index is 367. The molecule has 0 saturated carbocycles. The largest absolute Gasteiger partial charge is 0.480 e. The summed E-state index contributed by atoms with van der Waals surface area (Å²) in [5.41, 5.74) is 6.04. The minimum absolute atomic E-state index is 0. The van der Waals surface area contributed by atoms with Gasteiger partial charge < -0.3 is 15.6 Å². The molecule has 4 nitrogen and oxygen atoms in total. The lowest BCUT2D eigenvalue weighted by atomic mass is 10.2. The third-order valence-electron chi connectivity index (χ3n) is 1.81. The van der Waals surface area contributed by atoms with Crippen LogP contribution in [0, 0.1) is 0 Å². The van der Waals surface area contributed by atoms with Gasteiger partial charge in [0.05, 0.1) is 13.2 Å². The van der Waals surface area contributed by atoms with E-state index in [4.69, 9.17) is 38.8 Å². The third kappa shape index (κ3) is 6.10. The fraction of sp³-hybridized carbons (Fsp3) is 0.300. The van der Waals surface area contributed by atoms with Crippen molar-refractivity contribution < 1.29 is 14.6 Å². The van der Waals surface area contributed by atoms with Crippen molar-refractivity contribution in [3.8, 4) is 0 Å². The maximum Gasteiger partial charge on any atom is 0.322 e. The minimum Gasteiger partial charge on any atom is -0.480 e. The van der Waals surface area contributed by atoms with Gasteiger partial charge in [0.15, 0.2) is 0 Å². The number of halogens is 3. The van der Waals surface area contributed by atoms with Gasteiger partial charge in [0, 0.05) is 10.0 Å². The molecule has 0 radical (unpaired) electrons. The molecular formula is C10H12Cl3NO3. The van der Waals surface area contributed by atoms with Gasteiger partial charge >= 0.3 is 5.97 Å². The lowest BCUT2D eigenvalue weighted by Gasteiger charge is -2.08. The van der Waals surface area contributed by atoms with E-state index in [1.807, 2.05) is 0 Å². The summed E-state index contributed by atoms with van der Waals surface area (Å²) >= 11 is 11.6. The van der Waals surface area contributed by atoms with Gasteiger partial charge in [0.25, 0.3) is 0 Å². The molecule has 1 aromatic carbocycles. The van der Waals surface area contributed by atoms with Crippen molar-refractivity contribution in [3.05, 3.63) is 33.8 Å². The molecule has 0 aliphatic heterocycles. The fourth-order valence-electron chi connectivity index (χ4n) is 1.07.